The van der Waals surface area contributed by atoms with Crippen molar-refractivity contribution in [3.05, 3.63) is 71.3 Å². The van der Waals surface area contributed by atoms with Gasteiger partial charge in [-0.2, -0.15) is 0 Å². The van der Waals surface area contributed by atoms with Gasteiger partial charge in [-0.25, -0.2) is 17.5 Å². The Morgan fingerprint density at radius 3 is 2.34 bits per heavy atom. The van der Waals surface area contributed by atoms with E-state index in [0.717, 1.165) is 9.87 Å². The van der Waals surface area contributed by atoms with Gasteiger partial charge in [-0.05, 0) is 54.4 Å². The molecule has 0 aliphatic heterocycles. The summed E-state index contributed by atoms with van der Waals surface area (Å²) in [5.41, 5.74) is 1.87. The molecule has 0 unspecified atom stereocenters. The Labute approximate surface area is 220 Å². The molecule has 4 rings (SSSR count). The van der Waals surface area contributed by atoms with Crippen molar-refractivity contribution < 1.29 is 36.7 Å². The molecule has 0 amide bonds. The summed E-state index contributed by atoms with van der Waals surface area (Å²) in [6.07, 6.45) is 0.619. The van der Waals surface area contributed by atoms with E-state index < -0.39 is 16.0 Å². The summed E-state index contributed by atoms with van der Waals surface area (Å²) >= 11 is 0. The average Bonchev–Trinajstić information content (AvgIpc) is 3.37. The topological polar surface area (TPSA) is 117 Å². The molecule has 0 fully saturated rings. The molecule has 0 aliphatic carbocycles. The number of methoxy groups -OCH3 is 4. The highest BCUT2D eigenvalue weighted by molar-refractivity contribution is 7.93. The number of fused-ring (bicyclic) bond motifs is 1. The van der Waals surface area contributed by atoms with Gasteiger partial charge in [0.2, 0.25) is 0 Å². The zero-order valence-electron chi connectivity index (χ0n) is 21.7. The first-order valence-corrected chi connectivity index (χ1v) is 13.1. The molecule has 11 heteroatoms. The minimum absolute atomic E-state index is 0.00687. The molecule has 0 bridgehead atoms. The molecular weight excluding hydrogens is 512 g/mol. The molecule has 0 saturated heterocycles. The molecule has 1 heterocycles. The third kappa shape index (κ3) is 4.97. The van der Waals surface area contributed by atoms with E-state index >= 15 is 0 Å². The maximum absolute atomic E-state index is 14.3. The van der Waals surface area contributed by atoms with E-state index in [4.69, 9.17) is 23.5 Å². The second-order valence-electron chi connectivity index (χ2n) is 8.24. The highest BCUT2D eigenvalue weighted by Gasteiger charge is 2.33. The SMILES string of the molecule is CCc1ccc(OC)c(S(=O)(=O)N(Cc2ccc(OC)cc2OC)c2noc3ccc(C(=O)OC)cc23)c1. The first kappa shape index (κ1) is 26.8. The van der Waals surface area contributed by atoms with Gasteiger partial charge in [0.05, 0.1) is 45.9 Å². The standard InChI is InChI=1S/C27H28N2O8S/c1-6-17-7-11-23(34-3)25(13-17)38(31,32)29(16-19-8-10-20(33-2)15-24(19)35-4)26-21-14-18(27(30)36-5)9-12-22(21)37-28-26/h7-15H,6,16H2,1-5H3. The van der Waals surface area contributed by atoms with Crippen LogP contribution in [0.5, 0.6) is 17.2 Å². The number of sulfonamides is 1. The number of ether oxygens (including phenoxy) is 4. The van der Waals surface area contributed by atoms with Crippen LogP contribution in [0.25, 0.3) is 11.0 Å². The summed E-state index contributed by atoms with van der Waals surface area (Å²) < 4.78 is 56.3. The molecule has 3 aromatic carbocycles. The van der Waals surface area contributed by atoms with Gasteiger partial charge in [0.25, 0.3) is 10.0 Å². The van der Waals surface area contributed by atoms with E-state index in [1.165, 1.54) is 46.6 Å². The highest BCUT2D eigenvalue weighted by atomic mass is 32.2. The fourth-order valence-electron chi connectivity index (χ4n) is 4.02. The zero-order chi connectivity index (χ0) is 27.4. The number of carbonyl (C=O) groups is 1. The van der Waals surface area contributed by atoms with Crippen molar-refractivity contribution in [3.8, 4) is 17.2 Å². The van der Waals surface area contributed by atoms with Crippen LogP contribution in [0.4, 0.5) is 5.82 Å². The van der Waals surface area contributed by atoms with Crippen molar-refractivity contribution in [1.82, 2.24) is 5.16 Å². The molecule has 0 spiro atoms. The fraction of sp³-hybridized carbons (Fsp3) is 0.259. The first-order valence-electron chi connectivity index (χ1n) is 11.7. The van der Waals surface area contributed by atoms with E-state index in [0.29, 0.717) is 34.5 Å². The molecule has 0 saturated carbocycles. The third-order valence-electron chi connectivity index (χ3n) is 6.12. The maximum Gasteiger partial charge on any atom is 0.337 e. The Kier molecular flexibility index (Phi) is 7.77. The number of anilines is 1. The minimum atomic E-state index is -4.29. The lowest BCUT2D eigenvalue weighted by Crippen LogP contribution is -2.31. The predicted octanol–water partition coefficient (Wildman–Crippen LogP) is 4.60. The molecule has 10 nitrogen and oxygen atoms in total. The maximum atomic E-state index is 14.3. The lowest BCUT2D eigenvalue weighted by molar-refractivity contribution is 0.0601. The van der Waals surface area contributed by atoms with Crippen molar-refractivity contribution in [2.75, 3.05) is 32.7 Å². The number of rotatable bonds is 10. The van der Waals surface area contributed by atoms with Gasteiger partial charge in [0.15, 0.2) is 11.4 Å². The second kappa shape index (κ2) is 11.0. The summed E-state index contributed by atoms with van der Waals surface area (Å²) in [7, 11) is 1.40. The smallest absolute Gasteiger partial charge is 0.337 e. The van der Waals surface area contributed by atoms with Gasteiger partial charge >= 0.3 is 5.97 Å². The molecule has 4 aromatic rings. The largest absolute Gasteiger partial charge is 0.497 e. The lowest BCUT2D eigenvalue weighted by atomic mass is 10.1. The molecule has 38 heavy (non-hydrogen) atoms. The number of aromatic nitrogens is 1. The van der Waals surface area contributed by atoms with Crippen molar-refractivity contribution in [2.24, 2.45) is 0 Å². The summed E-state index contributed by atoms with van der Waals surface area (Å²) in [5, 5.41) is 4.42. The normalized spacial score (nSPS) is 11.3. The Balaban J connectivity index is 1.96. The van der Waals surface area contributed by atoms with Crippen molar-refractivity contribution in [3.63, 3.8) is 0 Å². The number of carbonyl (C=O) groups excluding carboxylic acids is 1. The predicted molar refractivity (Wildman–Crippen MR) is 141 cm³/mol. The monoisotopic (exact) mass is 540 g/mol. The van der Waals surface area contributed by atoms with Gasteiger partial charge in [-0.15, -0.1) is 0 Å². The van der Waals surface area contributed by atoms with Crippen molar-refractivity contribution >= 4 is 32.8 Å². The first-order chi connectivity index (χ1) is 18.3. The summed E-state index contributed by atoms with van der Waals surface area (Å²) in [4.78, 5) is 12.2. The summed E-state index contributed by atoms with van der Waals surface area (Å²) in [5.74, 6) is 0.556. The highest BCUT2D eigenvalue weighted by Crippen LogP contribution is 2.37. The number of benzene rings is 3. The lowest BCUT2D eigenvalue weighted by Gasteiger charge is -2.24. The summed E-state index contributed by atoms with van der Waals surface area (Å²) in [6, 6.07) is 14.6. The van der Waals surface area contributed by atoms with Crippen LogP contribution in [0.15, 0.2) is 64.0 Å². The van der Waals surface area contributed by atoms with E-state index in [9.17, 15) is 13.2 Å². The van der Waals surface area contributed by atoms with E-state index in [1.807, 2.05) is 13.0 Å². The number of esters is 1. The van der Waals surface area contributed by atoms with Crippen LogP contribution in [0.1, 0.15) is 28.4 Å². The molecular formula is C27H28N2O8S. The number of hydrogen-bond donors (Lipinski definition) is 0. The van der Waals surface area contributed by atoms with Gasteiger partial charge in [0.1, 0.15) is 22.1 Å². The fourth-order valence-corrected chi connectivity index (χ4v) is 5.63. The Bertz CT molecular complexity index is 1580. The molecule has 0 N–H and O–H groups in total. The van der Waals surface area contributed by atoms with Gasteiger partial charge in [-0.3, -0.25) is 0 Å². The van der Waals surface area contributed by atoms with Crippen LogP contribution >= 0.6 is 0 Å². The van der Waals surface area contributed by atoms with E-state index in [-0.39, 0.29) is 28.6 Å². The molecule has 0 atom stereocenters. The van der Waals surface area contributed by atoms with Crippen LogP contribution in [-0.2, 0) is 27.7 Å². The molecule has 1 aromatic heterocycles. The Morgan fingerprint density at radius 2 is 1.68 bits per heavy atom. The number of aryl methyl sites for hydroxylation is 1. The van der Waals surface area contributed by atoms with Gasteiger partial charge < -0.3 is 23.5 Å². The van der Waals surface area contributed by atoms with Crippen LogP contribution < -0.4 is 18.5 Å². The van der Waals surface area contributed by atoms with Crippen molar-refractivity contribution in [1.29, 1.82) is 0 Å². The molecule has 200 valence electrons. The number of hydrogen-bond acceptors (Lipinski definition) is 9. The number of nitrogens with zero attached hydrogens (tertiary/aromatic N) is 2. The van der Waals surface area contributed by atoms with Crippen molar-refractivity contribution in [2.45, 2.75) is 24.8 Å². The van der Waals surface area contributed by atoms with Crippen LogP contribution in [-0.4, -0.2) is 48.0 Å². The van der Waals surface area contributed by atoms with Crippen LogP contribution in [0.3, 0.4) is 0 Å². The van der Waals surface area contributed by atoms with Gasteiger partial charge in [-0.1, -0.05) is 18.1 Å². The second-order valence-corrected chi connectivity index (χ2v) is 10.1. The zero-order valence-corrected chi connectivity index (χ0v) is 22.5. The third-order valence-corrected chi connectivity index (χ3v) is 7.88. The Morgan fingerprint density at radius 1 is 0.921 bits per heavy atom. The average molecular weight is 541 g/mol. The van der Waals surface area contributed by atoms with E-state index in [1.54, 1.807) is 30.3 Å². The van der Waals surface area contributed by atoms with Gasteiger partial charge in [0, 0.05) is 11.6 Å². The summed E-state index contributed by atoms with van der Waals surface area (Å²) in [6.45, 7) is 1.76. The van der Waals surface area contributed by atoms with Crippen LogP contribution in [0.2, 0.25) is 0 Å². The minimum Gasteiger partial charge on any atom is -0.497 e. The van der Waals surface area contributed by atoms with E-state index in [2.05, 4.69) is 5.16 Å². The molecule has 0 radical (unpaired) electrons. The molecule has 0 aliphatic rings. The quantitative estimate of drug-likeness (QED) is 0.266. The van der Waals surface area contributed by atoms with Crippen LogP contribution in [0, 0.1) is 0 Å². The Hall–Kier alpha value is -4.25.